The summed E-state index contributed by atoms with van der Waals surface area (Å²) in [6, 6.07) is -0.842. The van der Waals surface area contributed by atoms with Crippen LogP contribution in [0.2, 0.25) is 0 Å². The van der Waals surface area contributed by atoms with Gasteiger partial charge in [-0.05, 0) is 0 Å². The highest BCUT2D eigenvalue weighted by Gasteiger charge is 2.10. The van der Waals surface area contributed by atoms with Crippen molar-refractivity contribution in [2.75, 3.05) is 11.5 Å². The van der Waals surface area contributed by atoms with Crippen LogP contribution in [0.4, 0.5) is 0 Å². The third-order valence-corrected chi connectivity index (χ3v) is 3.52. The lowest BCUT2D eigenvalue weighted by Crippen LogP contribution is -2.32. The third-order valence-electron chi connectivity index (χ3n) is 1.08. The van der Waals surface area contributed by atoms with Gasteiger partial charge < -0.3 is 16.6 Å². The Morgan fingerprint density at radius 1 is 1.38 bits per heavy atom. The van der Waals surface area contributed by atoms with Crippen molar-refractivity contribution >= 4 is 33.5 Å². The zero-order valence-corrected chi connectivity index (χ0v) is 8.57. The van der Waals surface area contributed by atoms with Crippen LogP contribution in [0.15, 0.2) is 0 Å². The second-order valence-electron chi connectivity index (χ2n) is 2.27. The molecule has 13 heavy (non-hydrogen) atoms. The van der Waals surface area contributed by atoms with Gasteiger partial charge in [-0.2, -0.15) is 0 Å². The monoisotopic (exact) mass is 224 g/mol. The highest BCUT2D eigenvalue weighted by Crippen LogP contribution is 2.22. The number of amides is 1. The summed E-state index contributed by atoms with van der Waals surface area (Å²) in [4.78, 5) is 20.5. The summed E-state index contributed by atoms with van der Waals surface area (Å²) in [5.74, 6) is -0.441. The zero-order chi connectivity index (χ0) is 10.3. The number of aliphatic carboxylic acids is 1. The fraction of sp³-hybridized carbons (Fsp3) is 0.667. The summed E-state index contributed by atoms with van der Waals surface area (Å²) in [5, 5.41) is 8.41. The van der Waals surface area contributed by atoms with Crippen LogP contribution in [0, 0.1) is 0 Å². The standard InChI is InChI=1S/C6H12N2O3S2/c7-4(6(10)11)3-13-12-2-1-5(8)9/h4H,1-3,7H2,(H2,8,9)(H,10,11)/t4-/m0/s1. The van der Waals surface area contributed by atoms with E-state index in [1.54, 1.807) is 0 Å². The average molecular weight is 224 g/mol. The number of hydrogen-bond donors (Lipinski definition) is 3. The van der Waals surface area contributed by atoms with Crippen molar-refractivity contribution < 1.29 is 14.7 Å². The van der Waals surface area contributed by atoms with E-state index in [1.165, 1.54) is 21.6 Å². The molecule has 5 nitrogen and oxygen atoms in total. The molecule has 0 radical (unpaired) electrons. The SMILES string of the molecule is NC(=O)CCSSC[C@H](N)C(=O)O. The van der Waals surface area contributed by atoms with Gasteiger partial charge in [0.15, 0.2) is 0 Å². The van der Waals surface area contributed by atoms with E-state index in [4.69, 9.17) is 16.6 Å². The maximum Gasteiger partial charge on any atom is 0.321 e. The van der Waals surface area contributed by atoms with Crippen molar-refractivity contribution in [3.63, 3.8) is 0 Å². The van der Waals surface area contributed by atoms with E-state index >= 15 is 0 Å². The summed E-state index contributed by atoms with van der Waals surface area (Å²) in [7, 11) is 2.73. The lowest BCUT2D eigenvalue weighted by atomic mass is 10.4. The van der Waals surface area contributed by atoms with Crippen molar-refractivity contribution in [3.8, 4) is 0 Å². The molecule has 1 amide bonds. The Hall–Kier alpha value is -0.400. The fourth-order valence-corrected chi connectivity index (χ4v) is 2.51. The lowest BCUT2D eigenvalue weighted by Gasteiger charge is -2.03. The van der Waals surface area contributed by atoms with E-state index in [2.05, 4.69) is 0 Å². The van der Waals surface area contributed by atoms with Crippen molar-refractivity contribution in [2.45, 2.75) is 12.5 Å². The van der Waals surface area contributed by atoms with Crippen LogP contribution < -0.4 is 11.5 Å². The number of primary amides is 1. The molecular formula is C6H12N2O3S2. The molecule has 0 aromatic carbocycles. The first kappa shape index (κ1) is 12.6. The molecule has 0 aromatic rings. The van der Waals surface area contributed by atoms with Crippen LogP contribution in [0.5, 0.6) is 0 Å². The molecule has 1 atom stereocenters. The predicted octanol–water partition coefficient (Wildman–Crippen LogP) is -0.345. The van der Waals surface area contributed by atoms with Gasteiger partial charge in [-0.15, -0.1) is 0 Å². The topological polar surface area (TPSA) is 106 Å². The molecular weight excluding hydrogens is 212 g/mol. The smallest absolute Gasteiger partial charge is 0.321 e. The van der Waals surface area contributed by atoms with Crippen molar-refractivity contribution in [1.82, 2.24) is 0 Å². The fourth-order valence-electron chi connectivity index (χ4n) is 0.394. The van der Waals surface area contributed by atoms with Gasteiger partial charge in [-0.25, -0.2) is 0 Å². The van der Waals surface area contributed by atoms with E-state index in [0.29, 0.717) is 17.9 Å². The summed E-state index contributed by atoms with van der Waals surface area (Å²) in [6.45, 7) is 0. The van der Waals surface area contributed by atoms with E-state index in [9.17, 15) is 9.59 Å². The van der Waals surface area contributed by atoms with Gasteiger partial charge in [0.2, 0.25) is 5.91 Å². The lowest BCUT2D eigenvalue weighted by molar-refractivity contribution is -0.137. The first-order valence-electron chi connectivity index (χ1n) is 3.55. The number of rotatable bonds is 7. The number of nitrogens with two attached hydrogens (primary N) is 2. The van der Waals surface area contributed by atoms with Crippen LogP contribution in [0.3, 0.4) is 0 Å². The minimum Gasteiger partial charge on any atom is -0.480 e. The largest absolute Gasteiger partial charge is 0.480 e. The molecule has 0 spiro atoms. The van der Waals surface area contributed by atoms with Crippen LogP contribution in [0.1, 0.15) is 6.42 Å². The van der Waals surface area contributed by atoms with Crippen LogP contribution in [0.25, 0.3) is 0 Å². The normalized spacial score (nSPS) is 12.4. The number of carbonyl (C=O) groups excluding carboxylic acids is 1. The Labute approximate surface area is 84.0 Å². The number of carboxylic acid groups (broad SMARTS) is 1. The molecule has 0 saturated carbocycles. The molecule has 5 N–H and O–H groups in total. The third kappa shape index (κ3) is 7.94. The summed E-state index contributed by atoms with van der Waals surface area (Å²) in [5.41, 5.74) is 10.1. The molecule has 76 valence electrons. The molecule has 0 saturated heterocycles. The van der Waals surface area contributed by atoms with Crippen LogP contribution in [-0.4, -0.2) is 34.5 Å². The number of carboxylic acids is 1. The Bertz CT molecular complexity index is 189. The molecule has 7 heteroatoms. The molecule has 0 bridgehead atoms. The Morgan fingerprint density at radius 2 is 2.00 bits per heavy atom. The molecule has 0 unspecified atom stereocenters. The van der Waals surface area contributed by atoms with Gasteiger partial charge >= 0.3 is 5.97 Å². The molecule has 0 aliphatic carbocycles. The van der Waals surface area contributed by atoms with Crippen molar-refractivity contribution in [3.05, 3.63) is 0 Å². The minimum absolute atomic E-state index is 0.306. The van der Waals surface area contributed by atoms with E-state index in [0.717, 1.165) is 0 Å². The number of carbonyl (C=O) groups is 2. The van der Waals surface area contributed by atoms with Gasteiger partial charge in [0.1, 0.15) is 6.04 Å². The Morgan fingerprint density at radius 3 is 2.46 bits per heavy atom. The molecule has 0 rings (SSSR count). The maximum atomic E-state index is 10.3. The van der Waals surface area contributed by atoms with Crippen molar-refractivity contribution in [2.24, 2.45) is 11.5 Å². The molecule has 0 aromatic heterocycles. The predicted molar refractivity (Wildman–Crippen MR) is 54.3 cm³/mol. The van der Waals surface area contributed by atoms with Gasteiger partial charge in [0.25, 0.3) is 0 Å². The van der Waals surface area contributed by atoms with Crippen LogP contribution in [-0.2, 0) is 9.59 Å². The summed E-state index contributed by atoms with van der Waals surface area (Å²) in [6.07, 6.45) is 0.306. The molecule has 0 aliphatic rings. The van der Waals surface area contributed by atoms with Crippen LogP contribution >= 0.6 is 21.6 Å². The highest BCUT2D eigenvalue weighted by atomic mass is 33.1. The highest BCUT2D eigenvalue weighted by molar-refractivity contribution is 8.76. The molecule has 0 fully saturated rings. The molecule has 0 heterocycles. The van der Waals surface area contributed by atoms with Gasteiger partial charge in [-0.3, -0.25) is 9.59 Å². The summed E-state index contributed by atoms with van der Waals surface area (Å²) >= 11 is 0. The van der Waals surface area contributed by atoms with Gasteiger partial charge in [-0.1, -0.05) is 21.6 Å². The first-order chi connectivity index (χ1) is 6.04. The van der Waals surface area contributed by atoms with Crippen molar-refractivity contribution in [1.29, 1.82) is 0 Å². The quantitative estimate of drug-likeness (QED) is 0.403. The second-order valence-corrected chi connectivity index (χ2v) is 4.89. The van der Waals surface area contributed by atoms with E-state index in [1.807, 2.05) is 0 Å². The Balaban J connectivity index is 3.26. The maximum absolute atomic E-state index is 10.3. The number of hydrogen-bond acceptors (Lipinski definition) is 5. The second kappa shape index (κ2) is 7.05. The van der Waals surface area contributed by atoms with E-state index < -0.39 is 12.0 Å². The summed E-state index contributed by atoms with van der Waals surface area (Å²) < 4.78 is 0. The first-order valence-corrected chi connectivity index (χ1v) is 6.04. The Kier molecular flexibility index (Phi) is 6.83. The minimum atomic E-state index is -1.01. The van der Waals surface area contributed by atoms with Gasteiger partial charge in [0.05, 0.1) is 0 Å². The average Bonchev–Trinajstić information content (AvgIpc) is 2.02. The van der Waals surface area contributed by atoms with Gasteiger partial charge in [0, 0.05) is 17.9 Å². The molecule has 0 aliphatic heterocycles. The zero-order valence-electron chi connectivity index (χ0n) is 6.93. The van der Waals surface area contributed by atoms with E-state index in [-0.39, 0.29) is 5.91 Å².